The Morgan fingerprint density at radius 3 is 2.50 bits per heavy atom. The third-order valence-electron chi connectivity index (χ3n) is 2.64. The molecule has 0 saturated heterocycles. The van der Waals surface area contributed by atoms with E-state index in [0.717, 1.165) is 5.56 Å². The van der Waals surface area contributed by atoms with E-state index < -0.39 is 15.8 Å². The summed E-state index contributed by atoms with van der Waals surface area (Å²) in [6.07, 6.45) is 0. The van der Waals surface area contributed by atoms with Crippen LogP contribution >= 0.6 is 0 Å². The molecule has 1 atom stereocenters. The predicted molar refractivity (Wildman–Crippen MR) is 61.7 cm³/mol. The van der Waals surface area contributed by atoms with E-state index in [1.807, 2.05) is 26.8 Å². The lowest BCUT2D eigenvalue weighted by Crippen LogP contribution is -2.19. The Morgan fingerprint density at radius 1 is 1.31 bits per heavy atom. The highest BCUT2D eigenvalue weighted by Crippen LogP contribution is 2.29. The van der Waals surface area contributed by atoms with Gasteiger partial charge in [0.25, 0.3) is 5.91 Å². The minimum absolute atomic E-state index is 0.0871. The fourth-order valence-corrected chi connectivity index (χ4v) is 2.90. The summed E-state index contributed by atoms with van der Waals surface area (Å²) in [6.45, 7) is 6.10. The monoisotopic (exact) mass is 238 g/mol. The van der Waals surface area contributed by atoms with E-state index in [1.165, 1.54) is 0 Å². The Bertz CT molecular complexity index is 568. The molecule has 1 aromatic carbocycles. The van der Waals surface area contributed by atoms with Crippen LogP contribution in [0.4, 0.5) is 0 Å². The lowest BCUT2D eigenvalue weighted by Gasteiger charge is -2.19. The van der Waals surface area contributed by atoms with E-state index in [-0.39, 0.29) is 5.41 Å². The Balaban J connectivity index is 2.69. The number of hydrogen-bond donors (Lipinski definition) is 2. The van der Waals surface area contributed by atoms with Crippen LogP contribution in [0.2, 0.25) is 0 Å². The molecule has 0 spiro atoms. The normalized spacial score (nSPS) is 24.1. The minimum atomic E-state index is -3.14. The average molecular weight is 238 g/mol. The van der Waals surface area contributed by atoms with Gasteiger partial charge in [0.1, 0.15) is 0 Å². The number of hydrogen-bond acceptors (Lipinski definition) is 3. The Labute approximate surface area is 95.2 Å². The summed E-state index contributed by atoms with van der Waals surface area (Å²) in [7, 11) is -3.14. The molecule has 86 valence electrons. The smallest absolute Gasteiger partial charge is 0.265 e. The molecule has 0 saturated carbocycles. The van der Waals surface area contributed by atoms with Gasteiger partial charge in [-0.2, -0.15) is 0 Å². The van der Waals surface area contributed by atoms with Gasteiger partial charge in [-0.25, -0.2) is 8.99 Å². The van der Waals surface area contributed by atoms with Crippen LogP contribution in [0.25, 0.3) is 0 Å². The fraction of sp³-hybridized carbons (Fsp3) is 0.364. The van der Waals surface area contributed by atoms with E-state index in [9.17, 15) is 9.00 Å². The number of benzene rings is 1. The third-order valence-corrected chi connectivity index (χ3v) is 4.07. The number of amides is 1. The highest BCUT2D eigenvalue weighted by Gasteiger charge is 2.30. The molecular formula is C11H14N2O2S. The van der Waals surface area contributed by atoms with Crippen molar-refractivity contribution in [3.8, 4) is 0 Å². The van der Waals surface area contributed by atoms with Crippen molar-refractivity contribution in [2.24, 2.45) is 0 Å². The van der Waals surface area contributed by atoms with Gasteiger partial charge in [0.15, 0.2) is 9.92 Å². The first kappa shape index (κ1) is 11.1. The summed E-state index contributed by atoms with van der Waals surface area (Å²) in [5.74, 6) is -0.421. The molecule has 1 amide bonds. The average Bonchev–Trinajstić information content (AvgIpc) is 2.36. The molecule has 4 nitrogen and oxygen atoms in total. The van der Waals surface area contributed by atoms with E-state index in [2.05, 4.69) is 4.72 Å². The zero-order valence-electron chi connectivity index (χ0n) is 9.46. The molecule has 0 aromatic heterocycles. The van der Waals surface area contributed by atoms with Crippen molar-refractivity contribution in [3.63, 3.8) is 0 Å². The van der Waals surface area contributed by atoms with Gasteiger partial charge in [-0.05, 0) is 23.1 Å². The fourth-order valence-electron chi connectivity index (χ4n) is 1.65. The number of carbonyl (C=O) groups excluding carboxylic acids is 1. The molecule has 1 unspecified atom stereocenters. The van der Waals surface area contributed by atoms with E-state index in [1.54, 1.807) is 12.1 Å². The zero-order valence-corrected chi connectivity index (χ0v) is 10.3. The second-order valence-electron chi connectivity index (χ2n) is 4.95. The lowest BCUT2D eigenvalue weighted by atomic mass is 9.86. The van der Waals surface area contributed by atoms with Crippen molar-refractivity contribution < 1.29 is 9.00 Å². The van der Waals surface area contributed by atoms with Crippen LogP contribution < -0.4 is 4.72 Å². The van der Waals surface area contributed by atoms with Crippen LogP contribution in [0.5, 0.6) is 0 Å². The molecule has 16 heavy (non-hydrogen) atoms. The second-order valence-corrected chi connectivity index (χ2v) is 6.70. The van der Waals surface area contributed by atoms with Gasteiger partial charge in [0, 0.05) is 0 Å². The topological polar surface area (TPSA) is 70.0 Å². The van der Waals surface area contributed by atoms with Gasteiger partial charge < -0.3 is 0 Å². The van der Waals surface area contributed by atoms with Crippen molar-refractivity contribution >= 4 is 15.8 Å². The molecule has 0 aliphatic carbocycles. The van der Waals surface area contributed by atoms with Gasteiger partial charge in [0.2, 0.25) is 0 Å². The van der Waals surface area contributed by atoms with Crippen LogP contribution in [0, 0.1) is 4.78 Å². The first-order chi connectivity index (χ1) is 7.22. The number of rotatable bonds is 0. The van der Waals surface area contributed by atoms with E-state index in [4.69, 9.17) is 4.78 Å². The van der Waals surface area contributed by atoms with Crippen LogP contribution in [0.15, 0.2) is 23.1 Å². The quantitative estimate of drug-likeness (QED) is 0.726. The van der Waals surface area contributed by atoms with Gasteiger partial charge >= 0.3 is 0 Å². The zero-order chi connectivity index (χ0) is 12.1. The van der Waals surface area contributed by atoms with Crippen molar-refractivity contribution in [1.29, 1.82) is 4.78 Å². The summed E-state index contributed by atoms with van der Waals surface area (Å²) in [6, 6.07) is 5.19. The summed E-state index contributed by atoms with van der Waals surface area (Å²) in [5.41, 5.74) is 1.24. The summed E-state index contributed by atoms with van der Waals surface area (Å²) >= 11 is 0. The maximum Gasteiger partial charge on any atom is 0.265 e. The van der Waals surface area contributed by atoms with Crippen molar-refractivity contribution in [3.05, 3.63) is 29.3 Å². The first-order valence-electron chi connectivity index (χ1n) is 4.97. The van der Waals surface area contributed by atoms with Crippen LogP contribution in [-0.2, 0) is 15.3 Å². The maximum absolute atomic E-state index is 11.8. The standard InChI is InChI=1S/C11H14N2O2S/c1-11(2,3)7-4-5-8-9(6-7)16(12,15)13-10(8)14/h4-6H,1-3H3,(H2,12,13,14,15). The highest BCUT2D eigenvalue weighted by molar-refractivity contribution is 7.91. The minimum Gasteiger partial charge on any atom is -0.268 e. The molecule has 1 aromatic rings. The lowest BCUT2D eigenvalue weighted by molar-refractivity contribution is 0.0985. The number of nitrogens with one attached hydrogen (secondary N) is 2. The van der Waals surface area contributed by atoms with Crippen LogP contribution in [0.1, 0.15) is 36.7 Å². The molecule has 2 N–H and O–H groups in total. The van der Waals surface area contributed by atoms with Crippen LogP contribution in [0.3, 0.4) is 0 Å². The highest BCUT2D eigenvalue weighted by atomic mass is 32.2. The van der Waals surface area contributed by atoms with E-state index in [0.29, 0.717) is 10.5 Å². The molecule has 0 radical (unpaired) electrons. The molecule has 0 bridgehead atoms. The Hall–Kier alpha value is -1.36. The van der Waals surface area contributed by atoms with E-state index >= 15 is 0 Å². The van der Waals surface area contributed by atoms with Gasteiger partial charge in [-0.1, -0.05) is 26.8 Å². The molecule has 1 heterocycles. The van der Waals surface area contributed by atoms with Crippen molar-refractivity contribution in [2.75, 3.05) is 0 Å². The molecule has 1 aliphatic rings. The summed E-state index contributed by atoms with van der Waals surface area (Å²) in [5, 5.41) is 0. The van der Waals surface area contributed by atoms with Gasteiger partial charge in [-0.3, -0.25) is 9.52 Å². The number of carbonyl (C=O) groups is 1. The third kappa shape index (κ3) is 1.61. The van der Waals surface area contributed by atoms with Crippen molar-refractivity contribution in [1.82, 2.24) is 4.72 Å². The number of fused-ring (bicyclic) bond motifs is 1. The van der Waals surface area contributed by atoms with Gasteiger partial charge in [-0.15, -0.1) is 0 Å². The van der Waals surface area contributed by atoms with Crippen LogP contribution in [-0.4, -0.2) is 10.1 Å². The second kappa shape index (κ2) is 3.07. The maximum atomic E-state index is 11.8. The molecule has 5 heteroatoms. The first-order valence-corrected chi connectivity index (χ1v) is 6.53. The summed E-state index contributed by atoms with van der Waals surface area (Å²) < 4.78 is 21.6. The SMILES string of the molecule is CC(C)(C)c1ccc2c(c1)S(=N)(=O)NC2=O. The molecule has 1 aliphatic heterocycles. The molecule has 0 fully saturated rings. The Kier molecular flexibility index (Phi) is 2.14. The van der Waals surface area contributed by atoms with Crippen molar-refractivity contribution in [2.45, 2.75) is 31.1 Å². The molecule has 2 rings (SSSR count). The summed E-state index contributed by atoms with van der Waals surface area (Å²) in [4.78, 5) is 11.7. The molecular weight excluding hydrogens is 224 g/mol. The predicted octanol–water partition coefficient (Wildman–Crippen LogP) is 2.05. The van der Waals surface area contributed by atoms with Gasteiger partial charge in [0.05, 0.1) is 10.5 Å². The Morgan fingerprint density at radius 2 is 1.94 bits per heavy atom. The largest absolute Gasteiger partial charge is 0.268 e.